The molecule has 2 aromatic heterocycles. The van der Waals surface area contributed by atoms with E-state index in [0.717, 1.165) is 40.1 Å². The summed E-state index contributed by atoms with van der Waals surface area (Å²) >= 11 is 0. The summed E-state index contributed by atoms with van der Waals surface area (Å²) in [6.45, 7) is 8.54. The zero-order valence-electron chi connectivity index (χ0n) is 17.3. The smallest absolute Gasteiger partial charge is 0.259 e. The van der Waals surface area contributed by atoms with E-state index < -0.39 is 6.10 Å². The van der Waals surface area contributed by atoms with Crippen molar-refractivity contribution >= 4 is 0 Å². The maximum absolute atomic E-state index is 9.62. The Morgan fingerprint density at radius 2 is 1.86 bits per heavy atom. The summed E-state index contributed by atoms with van der Waals surface area (Å²) in [5, 5.41) is 13.7. The van der Waals surface area contributed by atoms with Gasteiger partial charge in [-0.1, -0.05) is 19.0 Å². The standard InChI is InChI=1S/C22H28N4O3/c1-13(2)7-18-6-5-16(11-24-18)22-25-21(26-29-22)17-8-14(3)20(15(4)9-17)28-12-19(27)10-23/h5-6,8-9,11,13,19,27H,7,10,12,23H2,1-4H3. The highest BCUT2D eigenvalue weighted by Crippen LogP contribution is 2.30. The molecule has 3 aromatic rings. The van der Waals surface area contributed by atoms with Gasteiger partial charge in [-0.05, 0) is 61.6 Å². The van der Waals surface area contributed by atoms with Crippen molar-refractivity contribution in [3.05, 3.63) is 47.3 Å². The van der Waals surface area contributed by atoms with E-state index in [-0.39, 0.29) is 13.2 Å². The van der Waals surface area contributed by atoms with E-state index in [0.29, 0.717) is 17.6 Å². The monoisotopic (exact) mass is 396 g/mol. The van der Waals surface area contributed by atoms with E-state index in [1.165, 1.54) is 0 Å². The van der Waals surface area contributed by atoms with Gasteiger partial charge in [0.2, 0.25) is 5.82 Å². The van der Waals surface area contributed by atoms with Gasteiger partial charge >= 0.3 is 0 Å². The second-order valence-electron chi connectivity index (χ2n) is 7.70. The third-order valence-electron chi connectivity index (χ3n) is 4.53. The summed E-state index contributed by atoms with van der Waals surface area (Å²) in [7, 11) is 0. The fraction of sp³-hybridized carbons (Fsp3) is 0.409. The second-order valence-corrected chi connectivity index (χ2v) is 7.70. The average Bonchev–Trinajstić information content (AvgIpc) is 3.17. The Kier molecular flexibility index (Phi) is 6.61. The maximum atomic E-state index is 9.62. The van der Waals surface area contributed by atoms with Crippen LogP contribution < -0.4 is 10.5 Å². The zero-order valence-corrected chi connectivity index (χ0v) is 17.3. The van der Waals surface area contributed by atoms with Crippen molar-refractivity contribution < 1.29 is 14.4 Å². The fourth-order valence-corrected chi connectivity index (χ4v) is 3.10. The Morgan fingerprint density at radius 3 is 2.45 bits per heavy atom. The van der Waals surface area contributed by atoms with Crippen molar-refractivity contribution in [1.82, 2.24) is 15.1 Å². The molecule has 0 aliphatic heterocycles. The van der Waals surface area contributed by atoms with E-state index in [2.05, 4.69) is 29.0 Å². The number of hydrogen-bond donors (Lipinski definition) is 2. The second kappa shape index (κ2) is 9.15. The molecule has 0 bridgehead atoms. The van der Waals surface area contributed by atoms with E-state index in [1.54, 1.807) is 6.20 Å². The SMILES string of the molecule is Cc1cc(-c2noc(-c3ccc(CC(C)C)nc3)n2)cc(C)c1OCC(O)CN. The average molecular weight is 396 g/mol. The highest BCUT2D eigenvalue weighted by molar-refractivity contribution is 5.63. The van der Waals surface area contributed by atoms with Crippen molar-refractivity contribution in [2.75, 3.05) is 13.2 Å². The summed E-state index contributed by atoms with van der Waals surface area (Å²) in [5.74, 6) is 2.23. The van der Waals surface area contributed by atoms with Crippen molar-refractivity contribution in [3.63, 3.8) is 0 Å². The predicted molar refractivity (Wildman–Crippen MR) is 112 cm³/mol. The number of rotatable bonds is 8. The summed E-state index contributed by atoms with van der Waals surface area (Å²) in [4.78, 5) is 9.01. The van der Waals surface area contributed by atoms with Gasteiger partial charge in [0.1, 0.15) is 18.5 Å². The van der Waals surface area contributed by atoms with Gasteiger partial charge in [-0.15, -0.1) is 0 Å². The molecule has 0 fully saturated rings. The van der Waals surface area contributed by atoms with Gasteiger partial charge in [0, 0.05) is 24.0 Å². The third-order valence-corrected chi connectivity index (χ3v) is 4.53. The van der Waals surface area contributed by atoms with Crippen molar-refractivity contribution in [2.45, 2.75) is 40.2 Å². The van der Waals surface area contributed by atoms with Gasteiger partial charge in [-0.25, -0.2) is 0 Å². The molecule has 7 heteroatoms. The van der Waals surface area contributed by atoms with Crippen molar-refractivity contribution in [3.8, 4) is 28.6 Å². The molecule has 0 saturated carbocycles. The number of pyridine rings is 1. The molecule has 3 N–H and O–H groups in total. The van der Waals surface area contributed by atoms with Crippen LogP contribution in [0, 0.1) is 19.8 Å². The van der Waals surface area contributed by atoms with E-state index in [9.17, 15) is 5.11 Å². The number of aliphatic hydroxyl groups is 1. The largest absolute Gasteiger partial charge is 0.490 e. The number of benzene rings is 1. The minimum Gasteiger partial charge on any atom is -0.490 e. The minimum atomic E-state index is -0.686. The Hall–Kier alpha value is -2.77. The molecule has 1 atom stereocenters. The summed E-state index contributed by atoms with van der Waals surface area (Å²) in [6, 6.07) is 7.83. The van der Waals surface area contributed by atoms with Crippen LogP contribution in [0.4, 0.5) is 0 Å². The van der Waals surface area contributed by atoms with Crippen LogP contribution in [0.3, 0.4) is 0 Å². The third kappa shape index (κ3) is 5.19. The first kappa shape index (κ1) is 21.0. The predicted octanol–water partition coefficient (Wildman–Crippen LogP) is 3.31. The minimum absolute atomic E-state index is 0.156. The number of aryl methyl sites for hydroxylation is 2. The maximum Gasteiger partial charge on any atom is 0.259 e. The molecular formula is C22H28N4O3. The molecule has 0 spiro atoms. The molecule has 0 radical (unpaired) electrons. The highest BCUT2D eigenvalue weighted by Gasteiger charge is 2.15. The van der Waals surface area contributed by atoms with Crippen LogP contribution in [0.5, 0.6) is 5.75 Å². The normalized spacial score (nSPS) is 12.4. The van der Waals surface area contributed by atoms with Gasteiger partial charge in [0.15, 0.2) is 0 Å². The topological polar surface area (TPSA) is 107 Å². The molecule has 0 aliphatic rings. The van der Waals surface area contributed by atoms with Crippen molar-refractivity contribution in [2.24, 2.45) is 11.7 Å². The number of hydrogen-bond acceptors (Lipinski definition) is 7. The molecule has 0 amide bonds. The van der Waals surface area contributed by atoms with Gasteiger partial charge < -0.3 is 20.1 Å². The number of aromatic nitrogens is 3. The lowest BCUT2D eigenvalue weighted by atomic mass is 10.1. The van der Waals surface area contributed by atoms with Crippen LogP contribution in [-0.4, -0.2) is 39.5 Å². The number of ether oxygens (including phenoxy) is 1. The Morgan fingerprint density at radius 1 is 1.14 bits per heavy atom. The molecule has 2 heterocycles. The molecule has 1 unspecified atom stereocenters. The quantitative estimate of drug-likeness (QED) is 0.601. The molecule has 7 nitrogen and oxygen atoms in total. The molecule has 154 valence electrons. The molecule has 1 aromatic carbocycles. The number of nitrogens with two attached hydrogens (primary N) is 1. The van der Waals surface area contributed by atoms with Crippen LogP contribution in [0.25, 0.3) is 22.8 Å². The number of aliphatic hydroxyl groups excluding tert-OH is 1. The Balaban J connectivity index is 1.79. The zero-order chi connectivity index (χ0) is 21.0. The van der Waals surface area contributed by atoms with Gasteiger partial charge in [0.25, 0.3) is 5.89 Å². The van der Waals surface area contributed by atoms with E-state index in [1.807, 2.05) is 38.1 Å². The van der Waals surface area contributed by atoms with Crippen LogP contribution in [0.1, 0.15) is 30.7 Å². The summed E-state index contributed by atoms with van der Waals surface area (Å²) in [5.41, 5.74) is 9.96. The molecular weight excluding hydrogens is 368 g/mol. The van der Waals surface area contributed by atoms with Gasteiger partial charge in [-0.3, -0.25) is 4.98 Å². The lowest BCUT2D eigenvalue weighted by Crippen LogP contribution is -2.26. The van der Waals surface area contributed by atoms with Crippen LogP contribution in [0.2, 0.25) is 0 Å². The first-order valence-corrected chi connectivity index (χ1v) is 9.79. The summed E-state index contributed by atoms with van der Waals surface area (Å²) in [6.07, 6.45) is 2.02. The first-order valence-electron chi connectivity index (χ1n) is 9.79. The van der Waals surface area contributed by atoms with Gasteiger partial charge in [0.05, 0.1) is 5.56 Å². The highest BCUT2D eigenvalue weighted by atomic mass is 16.5. The van der Waals surface area contributed by atoms with E-state index >= 15 is 0 Å². The molecule has 3 rings (SSSR count). The number of nitrogens with zero attached hydrogens (tertiary/aromatic N) is 3. The Bertz CT molecular complexity index is 928. The summed E-state index contributed by atoms with van der Waals surface area (Å²) < 4.78 is 11.2. The van der Waals surface area contributed by atoms with Crippen LogP contribution >= 0.6 is 0 Å². The first-order chi connectivity index (χ1) is 13.9. The Labute approximate surface area is 170 Å². The lowest BCUT2D eigenvalue weighted by molar-refractivity contribution is 0.113. The fourth-order valence-electron chi connectivity index (χ4n) is 3.10. The van der Waals surface area contributed by atoms with Crippen LogP contribution in [0.15, 0.2) is 35.0 Å². The van der Waals surface area contributed by atoms with Crippen LogP contribution in [-0.2, 0) is 6.42 Å². The lowest BCUT2D eigenvalue weighted by Gasteiger charge is -2.15. The van der Waals surface area contributed by atoms with E-state index in [4.69, 9.17) is 15.0 Å². The molecule has 0 aliphatic carbocycles. The van der Waals surface area contributed by atoms with Gasteiger partial charge in [-0.2, -0.15) is 4.98 Å². The molecule has 29 heavy (non-hydrogen) atoms. The molecule has 0 saturated heterocycles. The van der Waals surface area contributed by atoms with Crippen molar-refractivity contribution in [1.29, 1.82) is 0 Å².